The first-order valence-electron chi connectivity index (χ1n) is 5.48. The van der Waals surface area contributed by atoms with Crippen LogP contribution in [0.4, 0.5) is 0 Å². The predicted octanol–water partition coefficient (Wildman–Crippen LogP) is 4.18. The van der Waals surface area contributed by atoms with Crippen LogP contribution >= 0.6 is 11.6 Å². The fraction of sp³-hybridized carbons (Fsp3) is 0.667. The maximum absolute atomic E-state index is 6.21. The first kappa shape index (κ1) is 10.1. The number of hydrogen-bond donors (Lipinski definition) is 0. The van der Waals surface area contributed by atoms with Crippen molar-refractivity contribution in [3.63, 3.8) is 0 Å². The van der Waals surface area contributed by atoms with E-state index in [2.05, 4.69) is 13.0 Å². The molecule has 2 heteroatoms. The van der Waals surface area contributed by atoms with E-state index in [0.717, 1.165) is 24.5 Å². The molecule has 0 bridgehead atoms. The molecular formula is C12H17ClO. The van der Waals surface area contributed by atoms with Gasteiger partial charge in [0, 0.05) is 11.3 Å². The van der Waals surface area contributed by atoms with Crippen LogP contribution in [0.5, 0.6) is 0 Å². The van der Waals surface area contributed by atoms with Crippen molar-refractivity contribution in [1.29, 1.82) is 0 Å². The molecule has 0 N–H and O–H groups in total. The largest absolute Gasteiger partial charge is 0.469 e. The summed E-state index contributed by atoms with van der Waals surface area (Å²) in [4.78, 5) is 0. The van der Waals surface area contributed by atoms with Gasteiger partial charge in [0.1, 0.15) is 5.76 Å². The van der Waals surface area contributed by atoms with Crippen molar-refractivity contribution in [1.82, 2.24) is 0 Å². The zero-order chi connectivity index (χ0) is 9.97. The van der Waals surface area contributed by atoms with Gasteiger partial charge in [0.05, 0.1) is 6.26 Å². The second kappa shape index (κ2) is 4.39. The Balaban J connectivity index is 2.13. The number of rotatable bonds is 2. The van der Waals surface area contributed by atoms with Crippen molar-refractivity contribution in [3.05, 3.63) is 24.2 Å². The van der Waals surface area contributed by atoms with E-state index in [4.69, 9.17) is 16.0 Å². The van der Waals surface area contributed by atoms with Crippen molar-refractivity contribution in [2.24, 2.45) is 5.92 Å². The summed E-state index contributed by atoms with van der Waals surface area (Å²) in [6, 6.07) is 4.06. The highest BCUT2D eigenvalue weighted by molar-refractivity contribution is 6.20. The lowest BCUT2D eigenvalue weighted by Gasteiger charge is -2.32. The molecule has 0 radical (unpaired) electrons. The molecule has 1 aromatic rings. The van der Waals surface area contributed by atoms with Crippen LogP contribution in [0.25, 0.3) is 0 Å². The molecule has 0 aliphatic heterocycles. The topological polar surface area (TPSA) is 13.1 Å². The van der Waals surface area contributed by atoms with Crippen LogP contribution < -0.4 is 0 Å². The Morgan fingerprint density at radius 1 is 1.50 bits per heavy atom. The van der Waals surface area contributed by atoms with Crippen molar-refractivity contribution in [2.45, 2.75) is 43.9 Å². The lowest BCUT2D eigenvalue weighted by Crippen LogP contribution is -2.22. The molecule has 1 heterocycles. The van der Waals surface area contributed by atoms with Crippen LogP contribution in [-0.4, -0.2) is 5.38 Å². The number of halogens is 1. The zero-order valence-electron chi connectivity index (χ0n) is 8.58. The van der Waals surface area contributed by atoms with Gasteiger partial charge in [0.25, 0.3) is 0 Å². The minimum atomic E-state index is 0.341. The summed E-state index contributed by atoms with van der Waals surface area (Å²) in [7, 11) is 0. The van der Waals surface area contributed by atoms with E-state index in [9.17, 15) is 0 Å². The minimum absolute atomic E-state index is 0.341. The van der Waals surface area contributed by atoms with E-state index >= 15 is 0 Å². The Kier molecular flexibility index (Phi) is 3.17. The van der Waals surface area contributed by atoms with Crippen LogP contribution in [0, 0.1) is 5.92 Å². The number of hydrogen-bond acceptors (Lipinski definition) is 1. The van der Waals surface area contributed by atoms with E-state index < -0.39 is 0 Å². The normalized spacial score (nSPS) is 33.1. The molecule has 3 atom stereocenters. The summed E-state index contributed by atoms with van der Waals surface area (Å²) in [5, 5.41) is 0.341. The summed E-state index contributed by atoms with van der Waals surface area (Å²) < 4.78 is 5.49. The minimum Gasteiger partial charge on any atom is -0.469 e. The summed E-state index contributed by atoms with van der Waals surface area (Å²) >= 11 is 6.21. The summed E-state index contributed by atoms with van der Waals surface area (Å²) in [5.74, 6) is 2.43. The van der Waals surface area contributed by atoms with Gasteiger partial charge in [-0.15, -0.1) is 11.6 Å². The van der Waals surface area contributed by atoms with Crippen LogP contribution in [0.1, 0.15) is 44.3 Å². The summed E-state index contributed by atoms with van der Waals surface area (Å²) in [6.45, 7) is 2.26. The van der Waals surface area contributed by atoms with Crippen LogP contribution in [0.2, 0.25) is 0 Å². The molecule has 1 aliphatic rings. The van der Waals surface area contributed by atoms with Gasteiger partial charge < -0.3 is 4.42 Å². The quantitative estimate of drug-likeness (QED) is 0.671. The molecule has 1 nitrogen and oxygen atoms in total. The standard InChI is InChI=1S/C12H17ClO/c1-2-9-5-6-10(13)8-11(9)12-4-3-7-14-12/h3-4,7,9-11H,2,5-6,8H2,1H3. The second-order valence-corrected chi connectivity index (χ2v) is 4.82. The second-order valence-electron chi connectivity index (χ2n) is 4.20. The molecule has 3 unspecified atom stereocenters. The van der Waals surface area contributed by atoms with E-state index in [1.807, 2.05) is 6.07 Å². The molecule has 78 valence electrons. The average Bonchev–Trinajstić information content (AvgIpc) is 2.70. The van der Waals surface area contributed by atoms with Crippen LogP contribution in [0.3, 0.4) is 0 Å². The molecule has 0 saturated heterocycles. The summed E-state index contributed by atoms with van der Waals surface area (Å²) in [5.41, 5.74) is 0. The molecule has 1 aromatic heterocycles. The first-order valence-corrected chi connectivity index (χ1v) is 5.92. The van der Waals surface area contributed by atoms with Crippen LogP contribution in [-0.2, 0) is 0 Å². The maximum atomic E-state index is 6.21. The van der Waals surface area contributed by atoms with Crippen LogP contribution in [0.15, 0.2) is 22.8 Å². The Bertz CT molecular complexity index is 268. The van der Waals surface area contributed by atoms with E-state index in [1.54, 1.807) is 6.26 Å². The predicted molar refractivity (Wildman–Crippen MR) is 58.7 cm³/mol. The van der Waals surface area contributed by atoms with Gasteiger partial charge in [-0.05, 0) is 37.3 Å². The molecule has 0 amide bonds. The number of alkyl halides is 1. The van der Waals surface area contributed by atoms with Gasteiger partial charge in [0.2, 0.25) is 0 Å². The van der Waals surface area contributed by atoms with Crippen molar-refractivity contribution >= 4 is 11.6 Å². The first-order chi connectivity index (χ1) is 6.81. The molecule has 2 rings (SSSR count). The van der Waals surface area contributed by atoms with E-state index in [1.165, 1.54) is 12.8 Å². The molecule has 0 aromatic carbocycles. The highest BCUT2D eigenvalue weighted by Gasteiger charge is 2.31. The fourth-order valence-electron chi connectivity index (χ4n) is 2.52. The highest BCUT2D eigenvalue weighted by atomic mass is 35.5. The monoisotopic (exact) mass is 212 g/mol. The molecule has 0 spiro atoms. The lowest BCUT2D eigenvalue weighted by atomic mass is 9.76. The van der Waals surface area contributed by atoms with Crippen molar-refractivity contribution in [3.8, 4) is 0 Å². The molecule has 1 saturated carbocycles. The molecule has 1 fully saturated rings. The zero-order valence-corrected chi connectivity index (χ0v) is 9.33. The van der Waals surface area contributed by atoms with E-state index in [-0.39, 0.29) is 0 Å². The SMILES string of the molecule is CCC1CCC(Cl)CC1c1ccco1. The van der Waals surface area contributed by atoms with Gasteiger partial charge in [-0.1, -0.05) is 13.3 Å². The molecular weight excluding hydrogens is 196 g/mol. The Morgan fingerprint density at radius 2 is 2.36 bits per heavy atom. The maximum Gasteiger partial charge on any atom is 0.107 e. The average molecular weight is 213 g/mol. The van der Waals surface area contributed by atoms with Crippen molar-refractivity contribution in [2.75, 3.05) is 0 Å². The van der Waals surface area contributed by atoms with Crippen molar-refractivity contribution < 1.29 is 4.42 Å². The number of furan rings is 1. The fourth-order valence-corrected chi connectivity index (χ4v) is 2.84. The van der Waals surface area contributed by atoms with Gasteiger partial charge in [-0.25, -0.2) is 0 Å². The smallest absolute Gasteiger partial charge is 0.107 e. The van der Waals surface area contributed by atoms with Gasteiger partial charge in [-0.2, -0.15) is 0 Å². The molecule has 1 aliphatic carbocycles. The lowest BCUT2D eigenvalue weighted by molar-refractivity contribution is 0.269. The Morgan fingerprint density at radius 3 is 3.00 bits per heavy atom. The molecule has 14 heavy (non-hydrogen) atoms. The van der Waals surface area contributed by atoms with Gasteiger partial charge in [-0.3, -0.25) is 0 Å². The highest BCUT2D eigenvalue weighted by Crippen LogP contribution is 2.41. The third-order valence-corrected chi connectivity index (χ3v) is 3.76. The van der Waals surface area contributed by atoms with E-state index in [0.29, 0.717) is 11.3 Å². The van der Waals surface area contributed by atoms with Gasteiger partial charge >= 0.3 is 0 Å². The Hall–Kier alpha value is -0.430. The summed E-state index contributed by atoms with van der Waals surface area (Å²) in [6.07, 6.45) is 6.48. The third kappa shape index (κ3) is 1.98. The van der Waals surface area contributed by atoms with Gasteiger partial charge in [0.15, 0.2) is 0 Å². The third-order valence-electron chi connectivity index (χ3n) is 3.36. The Labute approximate surface area is 90.4 Å².